The van der Waals surface area contributed by atoms with E-state index in [2.05, 4.69) is 43.9 Å². The van der Waals surface area contributed by atoms with Gasteiger partial charge in [-0.05, 0) is 96.0 Å². The Bertz CT molecular complexity index is 1310. The van der Waals surface area contributed by atoms with Crippen LogP contribution in [0.15, 0.2) is 35.9 Å². The Kier molecular flexibility index (Phi) is 6.26. The number of Topliss-reactive ketones (excluding diaryl/α,β-unsaturated/α-hetero) is 1. The smallest absolute Gasteiger partial charge is 0.193 e. The van der Waals surface area contributed by atoms with Crippen molar-refractivity contribution in [1.82, 2.24) is 0 Å². The van der Waals surface area contributed by atoms with Crippen molar-refractivity contribution < 1.29 is 4.79 Å². The Morgan fingerprint density at radius 2 is 1.70 bits per heavy atom. The van der Waals surface area contributed by atoms with E-state index in [1.807, 2.05) is 18.2 Å². The lowest BCUT2D eigenvalue weighted by Gasteiger charge is -2.39. The first-order chi connectivity index (χ1) is 17.9. The highest BCUT2D eigenvalue weighted by molar-refractivity contribution is 6.33. The van der Waals surface area contributed by atoms with Crippen molar-refractivity contribution in [2.24, 2.45) is 11.8 Å². The molecule has 1 saturated carbocycles. The van der Waals surface area contributed by atoms with Crippen LogP contribution in [-0.2, 0) is 18.3 Å². The minimum atomic E-state index is -0.218. The average Bonchev–Trinajstić information content (AvgIpc) is 3.32. The van der Waals surface area contributed by atoms with E-state index in [1.165, 1.54) is 73.8 Å². The van der Waals surface area contributed by atoms with Gasteiger partial charge in [0.05, 0.1) is 11.6 Å². The first-order valence-electron chi connectivity index (χ1n) is 14.6. The Morgan fingerprint density at radius 1 is 0.973 bits per heavy atom. The molecule has 0 N–H and O–H groups in total. The predicted octanol–water partition coefficient (Wildman–Crippen LogP) is 7.79. The predicted molar refractivity (Wildman–Crippen MR) is 151 cm³/mol. The molecule has 0 amide bonds. The molecule has 3 nitrogen and oxygen atoms in total. The van der Waals surface area contributed by atoms with E-state index in [1.54, 1.807) is 0 Å². The lowest BCUT2D eigenvalue weighted by molar-refractivity contribution is 0.105. The number of carbonyl (C=O) groups excluding carboxylic acids is 1. The minimum Gasteiger partial charge on any atom is -0.371 e. The molecule has 3 aliphatic carbocycles. The number of nitriles is 1. The third kappa shape index (κ3) is 4.14. The quantitative estimate of drug-likeness (QED) is 0.437. The molecule has 1 heterocycles. The summed E-state index contributed by atoms with van der Waals surface area (Å²) in [5, 5.41) is 9.40. The third-order valence-electron chi connectivity index (χ3n) is 10.0. The first kappa shape index (κ1) is 24.5. The van der Waals surface area contributed by atoms with Gasteiger partial charge in [-0.2, -0.15) is 5.26 Å². The van der Waals surface area contributed by atoms with Gasteiger partial charge in [-0.1, -0.05) is 58.9 Å². The second-order valence-electron chi connectivity index (χ2n) is 12.5. The molecule has 0 atom stereocenters. The van der Waals surface area contributed by atoms with Crippen LogP contribution in [0.2, 0.25) is 0 Å². The number of allylic oxidation sites excluding steroid dienone is 2. The number of rotatable bonds is 4. The molecule has 2 aromatic rings. The number of piperidine rings is 1. The van der Waals surface area contributed by atoms with Crippen LogP contribution in [0.3, 0.4) is 0 Å². The van der Waals surface area contributed by atoms with E-state index in [0.29, 0.717) is 5.56 Å². The van der Waals surface area contributed by atoms with Crippen LogP contribution in [0, 0.1) is 23.2 Å². The molecule has 37 heavy (non-hydrogen) atoms. The molecule has 4 aliphatic rings. The second kappa shape index (κ2) is 9.46. The summed E-state index contributed by atoms with van der Waals surface area (Å²) in [6.45, 7) is 9.06. The van der Waals surface area contributed by atoms with Crippen molar-refractivity contribution in [3.05, 3.63) is 69.3 Å². The maximum absolute atomic E-state index is 14.0. The average molecular weight is 493 g/mol. The number of aryl methyl sites for hydroxylation is 1. The van der Waals surface area contributed by atoms with E-state index in [0.717, 1.165) is 60.0 Å². The second-order valence-corrected chi connectivity index (χ2v) is 12.5. The Morgan fingerprint density at radius 3 is 2.41 bits per heavy atom. The maximum atomic E-state index is 14.0. The maximum Gasteiger partial charge on any atom is 0.193 e. The Balaban J connectivity index is 1.29. The zero-order valence-electron chi connectivity index (χ0n) is 22.8. The molecule has 6 rings (SSSR count). The molecule has 1 saturated heterocycles. The monoisotopic (exact) mass is 492 g/mol. The lowest BCUT2D eigenvalue weighted by atomic mass is 9.68. The standard InChI is InChI=1S/C34H40N2O/c1-4-25-18-28-29(20-31(25)36-14-12-23(13-15-36)16-22-8-6-5-7-9-22)34(2,3)30-19-26-17-24(21-35)10-11-27(26)32(30)33(28)37/h10-11,17-18,20,22-23H,4-9,12-16,19H2,1-3H3. The number of hydrogen-bond acceptors (Lipinski definition) is 3. The van der Waals surface area contributed by atoms with Crippen molar-refractivity contribution in [3.8, 4) is 6.07 Å². The van der Waals surface area contributed by atoms with Gasteiger partial charge in [0.2, 0.25) is 0 Å². The summed E-state index contributed by atoms with van der Waals surface area (Å²) in [6, 6.07) is 12.7. The van der Waals surface area contributed by atoms with Gasteiger partial charge in [0.25, 0.3) is 0 Å². The molecule has 2 aromatic carbocycles. The van der Waals surface area contributed by atoms with Gasteiger partial charge in [0, 0.05) is 35.3 Å². The van der Waals surface area contributed by atoms with Gasteiger partial charge < -0.3 is 4.90 Å². The van der Waals surface area contributed by atoms with Gasteiger partial charge >= 0.3 is 0 Å². The molecule has 3 heteroatoms. The Hall–Kier alpha value is -2.86. The van der Waals surface area contributed by atoms with Crippen LogP contribution < -0.4 is 4.90 Å². The summed E-state index contributed by atoms with van der Waals surface area (Å²) >= 11 is 0. The minimum absolute atomic E-state index is 0.167. The van der Waals surface area contributed by atoms with Crippen LogP contribution in [0.5, 0.6) is 0 Å². The molecule has 0 aromatic heterocycles. The van der Waals surface area contributed by atoms with Crippen LogP contribution in [-0.4, -0.2) is 18.9 Å². The highest BCUT2D eigenvalue weighted by Crippen LogP contribution is 2.51. The first-order valence-corrected chi connectivity index (χ1v) is 14.6. The van der Waals surface area contributed by atoms with Gasteiger partial charge in [0.1, 0.15) is 0 Å². The third-order valence-corrected chi connectivity index (χ3v) is 10.0. The van der Waals surface area contributed by atoms with Gasteiger partial charge in [-0.3, -0.25) is 4.79 Å². The number of carbonyl (C=O) groups is 1. The summed E-state index contributed by atoms with van der Waals surface area (Å²) in [4.78, 5) is 16.6. The van der Waals surface area contributed by atoms with Gasteiger partial charge in [0.15, 0.2) is 5.78 Å². The highest BCUT2D eigenvalue weighted by Gasteiger charge is 2.43. The zero-order chi connectivity index (χ0) is 25.7. The summed E-state index contributed by atoms with van der Waals surface area (Å²) in [5.41, 5.74) is 9.42. The van der Waals surface area contributed by atoms with Crippen LogP contribution >= 0.6 is 0 Å². The summed E-state index contributed by atoms with van der Waals surface area (Å²) in [5.74, 6) is 2.01. The molecule has 0 unspecified atom stereocenters. The number of nitrogens with zero attached hydrogens (tertiary/aromatic N) is 2. The summed E-state index contributed by atoms with van der Waals surface area (Å²) in [6.07, 6.45) is 13.0. The van der Waals surface area contributed by atoms with Crippen molar-refractivity contribution in [2.75, 3.05) is 18.0 Å². The van der Waals surface area contributed by atoms with Crippen LogP contribution in [0.4, 0.5) is 5.69 Å². The summed E-state index contributed by atoms with van der Waals surface area (Å²) in [7, 11) is 0. The van der Waals surface area contributed by atoms with Gasteiger partial charge in [-0.25, -0.2) is 0 Å². The number of hydrogen-bond donors (Lipinski definition) is 0. The molecule has 2 fully saturated rings. The largest absolute Gasteiger partial charge is 0.371 e. The summed E-state index contributed by atoms with van der Waals surface area (Å²) < 4.78 is 0. The van der Waals surface area contributed by atoms with Crippen LogP contribution in [0.25, 0.3) is 5.57 Å². The van der Waals surface area contributed by atoms with E-state index in [9.17, 15) is 10.1 Å². The van der Waals surface area contributed by atoms with Crippen LogP contribution in [0.1, 0.15) is 110 Å². The fraction of sp³-hybridized carbons (Fsp3) is 0.529. The number of anilines is 1. The number of benzene rings is 2. The van der Waals surface area contributed by atoms with Crippen molar-refractivity contribution in [3.63, 3.8) is 0 Å². The van der Waals surface area contributed by atoms with Crippen molar-refractivity contribution in [2.45, 2.75) is 90.4 Å². The molecule has 0 spiro atoms. The molecule has 0 bridgehead atoms. The highest BCUT2D eigenvalue weighted by atomic mass is 16.1. The van der Waals surface area contributed by atoms with Crippen molar-refractivity contribution >= 4 is 17.0 Å². The topological polar surface area (TPSA) is 44.1 Å². The van der Waals surface area contributed by atoms with E-state index in [4.69, 9.17) is 0 Å². The Labute approximate surface area is 222 Å². The molecule has 1 aliphatic heterocycles. The van der Waals surface area contributed by atoms with Gasteiger partial charge in [-0.15, -0.1) is 0 Å². The number of fused-ring (bicyclic) bond motifs is 3. The molecule has 0 radical (unpaired) electrons. The van der Waals surface area contributed by atoms with E-state index >= 15 is 0 Å². The molecular weight excluding hydrogens is 452 g/mol. The molecule has 192 valence electrons. The van der Waals surface area contributed by atoms with E-state index in [-0.39, 0.29) is 11.2 Å². The van der Waals surface area contributed by atoms with Crippen molar-refractivity contribution in [1.29, 1.82) is 5.26 Å². The van der Waals surface area contributed by atoms with E-state index < -0.39 is 0 Å². The zero-order valence-corrected chi connectivity index (χ0v) is 22.8. The fourth-order valence-electron chi connectivity index (χ4n) is 7.80. The fourth-order valence-corrected chi connectivity index (χ4v) is 7.80. The normalized spacial score (nSPS) is 21.5. The molecular formula is C34H40N2O. The lowest BCUT2D eigenvalue weighted by Crippen LogP contribution is -2.36. The number of ketones is 1. The SMILES string of the molecule is CCc1cc2c(cc1N1CCC(CC3CCCCC3)CC1)C(C)(C)C1=C(C2=O)c2ccc(C#N)cc2C1.